The van der Waals surface area contributed by atoms with Crippen LogP contribution in [0.5, 0.6) is 5.75 Å². The first-order valence-electron chi connectivity index (χ1n) is 14.8. The van der Waals surface area contributed by atoms with E-state index in [0.29, 0.717) is 30.9 Å². The van der Waals surface area contributed by atoms with Crippen LogP contribution in [0.3, 0.4) is 0 Å². The second-order valence-corrected chi connectivity index (χ2v) is 12.1. The predicted octanol–water partition coefficient (Wildman–Crippen LogP) is 7.80. The summed E-state index contributed by atoms with van der Waals surface area (Å²) in [5.41, 5.74) is 7.13. The van der Waals surface area contributed by atoms with Gasteiger partial charge in [-0.1, -0.05) is 50.2 Å². The first-order valence-corrected chi connectivity index (χ1v) is 14.8. The lowest BCUT2D eigenvalue weighted by Crippen LogP contribution is -2.38. The molecule has 1 N–H and O–H groups in total. The first kappa shape index (κ1) is 30.2. The number of carbonyl (C=O) groups is 1. The number of ether oxygens (including phenoxy) is 1. The highest BCUT2D eigenvalue weighted by atomic mass is 19.1. The van der Waals surface area contributed by atoms with Gasteiger partial charge in [0.15, 0.2) is 0 Å². The number of pyridine rings is 1. The number of carboxylic acids is 1. The fourth-order valence-electron chi connectivity index (χ4n) is 5.71. The zero-order chi connectivity index (χ0) is 30.6. The number of benzene rings is 3. The van der Waals surface area contributed by atoms with Crippen molar-refractivity contribution in [3.8, 4) is 16.9 Å². The molecule has 5 rings (SSSR count). The van der Waals surface area contributed by atoms with Gasteiger partial charge in [0.25, 0.3) is 0 Å². The zero-order valence-electron chi connectivity index (χ0n) is 25.0. The molecule has 3 aromatic carbocycles. The van der Waals surface area contributed by atoms with Crippen LogP contribution in [-0.4, -0.2) is 35.8 Å². The van der Waals surface area contributed by atoms with Gasteiger partial charge in [0.2, 0.25) is 0 Å². The Bertz CT molecular complexity index is 1560. The van der Waals surface area contributed by atoms with E-state index in [0.717, 1.165) is 65.1 Å². The molecule has 1 saturated heterocycles. The fourth-order valence-corrected chi connectivity index (χ4v) is 5.71. The quantitative estimate of drug-likeness (QED) is 0.206. The Balaban J connectivity index is 1.53. The van der Waals surface area contributed by atoms with Crippen LogP contribution in [0.1, 0.15) is 54.8 Å². The second-order valence-electron chi connectivity index (χ2n) is 12.1. The topological polar surface area (TPSA) is 62.7 Å². The summed E-state index contributed by atoms with van der Waals surface area (Å²) in [4.78, 5) is 19.4. The Morgan fingerprint density at radius 1 is 0.907 bits per heavy atom. The van der Waals surface area contributed by atoms with E-state index in [1.807, 2.05) is 31.2 Å². The average Bonchev–Trinajstić information content (AvgIpc) is 2.97. The summed E-state index contributed by atoms with van der Waals surface area (Å²) in [5.74, 6) is -0.746. The number of aliphatic carboxylic acids is 1. The van der Waals surface area contributed by atoms with Crippen LogP contribution in [0.25, 0.3) is 11.1 Å². The monoisotopic (exact) mass is 584 g/mol. The van der Waals surface area contributed by atoms with E-state index < -0.39 is 5.97 Å². The molecule has 1 aliphatic heterocycles. The van der Waals surface area contributed by atoms with E-state index in [1.165, 1.54) is 24.3 Å². The molecule has 0 amide bonds. The van der Waals surface area contributed by atoms with Gasteiger partial charge in [0.1, 0.15) is 17.4 Å². The van der Waals surface area contributed by atoms with Gasteiger partial charge in [0.05, 0.1) is 24.4 Å². The highest BCUT2D eigenvalue weighted by molar-refractivity contribution is 5.87. The van der Waals surface area contributed by atoms with Gasteiger partial charge in [-0.2, -0.15) is 0 Å². The van der Waals surface area contributed by atoms with E-state index in [-0.39, 0.29) is 23.5 Å². The molecule has 1 aliphatic rings. The van der Waals surface area contributed by atoms with Gasteiger partial charge in [0, 0.05) is 42.8 Å². The maximum absolute atomic E-state index is 13.7. The van der Waals surface area contributed by atoms with E-state index >= 15 is 0 Å². The van der Waals surface area contributed by atoms with Gasteiger partial charge in [-0.3, -0.25) is 9.78 Å². The SMILES string of the molecule is Cc1nc(Cc2ccc(F)cc2)c(-c2ccc(OCCc3ccc(F)cc3)cc2)c(N2CCC(C)(C)CC2)c1CC(=O)O. The van der Waals surface area contributed by atoms with Gasteiger partial charge >= 0.3 is 5.97 Å². The Morgan fingerprint density at radius 3 is 2.07 bits per heavy atom. The number of nitrogens with zero attached hydrogens (tertiary/aromatic N) is 2. The smallest absolute Gasteiger partial charge is 0.307 e. The molecule has 7 heteroatoms. The van der Waals surface area contributed by atoms with Crippen molar-refractivity contribution < 1.29 is 23.4 Å². The van der Waals surface area contributed by atoms with Crippen LogP contribution in [0.2, 0.25) is 0 Å². The highest BCUT2D eigenvalue weighted by Crippen LogP contribution is 2.42. The van der Waals surface area contributed by atoms with Crippen molar-refractivity contribution in [3.05, 3.63) is 113 Å². The summed E-state index contributed by atoms with van der Waals surface area (Å²) in [6.45, 7) is 8.51. The molecular formula is C36H38F2N2O3. The fraction of sp³-hybridized carbons (Fsp3) is 0.333. The number of rotatable bonds is 10. The Labute approximate surface area is 252 Å². The van der Waals surface area contributed by atoms with Crippen molar-refractivity contribution in [2.24, 2.45) is 5.41 Å². The predicted molar refractivity (Wildman–Crippen MR) is 166 cm³/mol. The van der Waals surface area contributed by atoms with Crippen LogP contribution >= 0.6 is 0 Å². The molecule has 2 heterocycles. The van der Waals surface area contributed by atoms with Crippen LogP contribution in [0.4, 0.5) is 14.5 Å². The molecule has 4 aromatic rings. The van der Waals surface area contributed by atoms with Crippen molar-refractivity contribution in [3.63, 3.8) is 0 Å². The lowest BCUT2D eigenvalue weighted by atomic mass is 9.81. The summed E-state index contributed by atoms with van der Waals surface area (Å²) in [6.07, 6.45) is 3.00. The number of aromatic nitrogens is 1. The molecule has 224 valence electrons. The first-order chi connectivity index (χ1) is 20.6. The third-order valence-corrected chi connectivity index (χ3v) is 8.31. The molecule has 0 aliphatic carbocycles. The Hall–Kier alpha value is -4.26. The highest BCUT2D eigenvalue weighted by Gasteiger charge is 2.31. The molecule has 1 fully saturated rings. The van der Waals surface area contributed by atoms with Crippen molar-refractivity contribution in [2.75, 3.05) is 24.6 Å². The molecule has 0 atom stereocenters. The molecule has 43 heavy (non-hydrogen) atoms. The van der Waals surface area contributed by atoms with Crippen molar-refractivity contribution in [1.82, 2.24) is 4.98 Å². The molecule has 1 aromatic heterocycles. The van der Waals surface area contributed by atoms with Crippen LogP contribution in [0.15, 0.2) is 72.8 Å². The minimum absolute atomic E-state index is 0.123. The molecule has 5 nitrogen and oxygen atoms in total. The average molecular weight is 585 g/mol. The number of anilines is 1. The van der Waals surface area contributed by atoms with Gasteiger partial charge in [-0.15, -0.1) is 0 Å². The summed E-state index contributed by atoms with van der Waals surface area (Å²) < 4.78 is 32.9. The normalized spacial score (nSPS) is 14.5. The summed E-state index contributed by atoms with van der Waals surface area (Å²) in [5, 5.41) is 9.89. The van der Waals surface area contributed by atoms with Crippen LogP contribution in [0, 0.1) is 24.0 Å². The minimum Gasteiger partial charge on any atom is -0.493 e. The number of halogens is 2. The van der Waals surface area contributed by atoms with Gasteiger partial charge in [-0.05, 0) is 78.3 Å². The second kappa shape index (κ2) is 12.9. The van der Waals surface area contributed by atoms with Crippen LogP contribution < -0.4 is 9.64 Å². The molecule has 0 unspecified atom stereocenters. The third kappa shape index (κ3) is 7.58. The minimum atomic E-state index is -0.898. The molecule has 0 radical (unpaired) electrons. The molecule has 0 saturated carbocycles. The Kier molecular flexibility index (Phi) is 9.09. The summed E-state index contributed by atoms with van der Waals surface area (Å²) in [7, 11) is 0. The standard InChI is InChI=1S/C36H38F2N2O3/c1-24-31(23-33(41)42)35(40-19-17-36(2,3)18-20-40)34(32(39-24)22-26-6-12-29(38)13-7-26)27-8-14-30(15-9-27)43-21-16-25-4-10-28(37)11-5-25/h4-15H,16-23H2,1-3H3,(H,41,42). The molecule has 0 bridgehead atoms. The zero-order valence-corrected chi connectivity index (χ0v) is 25.0. The van der Waals surface area contributed by atoms with Crippen molar-refractivity contribution in [1.29, 1.82) is 0 Å². The lowest BCUT2D eigenvalue weighted by Gasteiger charge is -2.40. The largest absolute Gasteiger partial charge is 0.493 e. The van der Waals surface area contributed by atoms with Crippen molar-refractivity contribution >= 4 is 11.7 Å². The van der Waals surface area contributed by atoms with E-state index in [1.54, 1.807) is 24.3 Å². The van der Waals surface area contributed by atoms with Gasteiger partial charge in [-0.25, -0.2) is 8.78 Å². The summed E-state index contributed by atoms with van der Waals surface area (Å²) >= 11 is 0. The number of hydrogen-bond donors (Lipinski definition) is 1. The van der Waals surface area contributed by atoms with Gasteiger partial charge < -0.3 is 14.7 Å². The number of piperidine rings is 1. The van der Waals surface area contributed by atoms with Crippen molar-refractivity contribution in [2.45, 2.75) is 52.9 Å². The number of carboxylic acid groups (broad SMARTS) is 1. The molecular weight excluding hydrogens is 546 g/mol. The third-order valence-electron chi connectivity index (χ3n) is 8.31. The molecule has 0 spiro atoms. The van der Waals surface area contributed by atoms with E-state index in [9.17, 15) is 18.7 Å². The van der Waals surface area contributed by atoms with E-state index in [2.05, 4.69) is 18.7 Å². The maximum Gasteiger partial charge on any atom is 0.307 e. The van der Waals surface area contributed by atoms with Crippen LogP contribution in [-0.2, 0) is 24.1 Å². The maximum atomic E-state index is 13.7. The number of aryl methyl sites for hydroxylation is 1. The Morgan fingerprint density at radius 2 is 1.49 bits per heavy atom. The summed E-state index contributed by atoms with van der Waals surface area (Å²) in [6, 6.07) is 20.7. The number of hydrogen-bond acceptors (Lipinski definition) is 4. The lowest BCUT2D eigenvalue weighted by molar-refractivity contribution is -0.136. The van der Waals surface area contributed by atoms with E-state index in [4.69, 9.17) is 9.72 Å².